The summed E-state index contributed by atoms with van der Waals surface area (Å²) < 4.78 is 1.64. The number of allylic oxidation sites excluding steroid dienone is 1. The van der Waals surface area contributed by atoms with Gasteiger partial charge in [0.2, 0.25) is 11.1 Å². The van der Waals surface area contributed by atoms with Crippen LogP contribution in [0.5, 0.6) is 0 Å². The highest BCUT2D eigenvalue weighted by atomic mass is 32.2. The Labute approximate surface area is 133 Å². The quantitative estimate of drug-likeness (QED) is 0.618. The minimum atomic E-state index is 0.118. The first-order valence-electron chi connectivity index (χ1n) is 7.12. The van der Waals surface area contributed by atoms with Gasteiger partial charge in [-0.05, 0) is 28.0 Å². The molecule has 7 heteroatoms. The van der Waals surface area contributed by atoms with Crippen molar-refractivity contribution in [2.45, 2.75) is 24.7 Å². The molecule has 1 aromatic heterocycles. The van der Waals surface area contributed by atoms with Crippen LogP contribution in [0, 0.1) is 0 Å². The van der Waals surface area contributed by atoms with Crippen molar-refractivity contribution in [3.8, 4) is 0 Å². The topological polar surface area (TPSA) is 63.9 Å². The van der Waals surface area contributed by atoms with Crippen molar-refractivity contribution in [1.29, 1.82) is 0 Å². The van der Waals surface area contributed by atoms with Crippen molar-refractivity contribution < 1.29 is 4.79 Å². The van der Waals surface area contributed by atoms with Crippen LogP contribution >= 0.6 is 11.8 Å². The summed E-state index contributed by atoms with van der Waals surface area (Å²) in [5.74, 6) is 0.465. The lowest BCUT2D eigenvalue weighted by Gasteiger charge is -2.28. The second kappa shape index (κ2) is 6.74. The van der Waals surface area contributed by atoms with Crippen LogP contribution in [0.1, 0.15) is 11.1 Å². The van der Waals surface area contributed by atoms with Crippen LogP contribution in [0.3, 0.4) is 0 Å². The van der Waals surface area contributed by atoms with Gasteiger partial charge in [-0.2, -0.15) is 0 Å². The number of hydrogen-bond donors (Lipinski definition) is 0. The van der Waals surface area contributed by atoms with Gasteiger partial charge in [0.25, 0.3) is 0 Å². The van der Waals surface area contributed by atoms with Crippen molar-refractivity contribution in [2.24, 2.45) is 0 Å². The molecule has 0 bridgehead atoms. The zero-order chi connectivity index (χ0) is 15.4. The summed E-state index contributed by atoms with van der Waals surface area (Å²) in [7, 11) is 0. The third kappa shape index (κ3) is 3.19. The highest BCUT2D eigenvalue weighted by molar-refractivity contribution is 7.99. The summed E-state index contributed by atoms with van der Waals surface area (Å²) in [4.78, 5) is 14.3. The fourth-order valence-corrected chi connectivity index (χ4v) is 3.25. The largest absolute Gasteiger partial charge is 0.337 e. The number of carbonyl (C=O) groups excluding carboxylic acids is 1. The molecule has 114 valence electrons. The molecule has 0 fully saturated rings. The maximum Gasteiger partial charge on any atom is 0.233 e. The third-order valence-corrected chi connectivity index (χ3v) is 4.55. The molecule has 2 heterocycles. The summed E-state index contributed by atoms with van der Waals surface area (Å²) in [6, 6.07) is 8.29. The highest BCUT2D eigenvalue weighted by Crippen LogP contribution is 2.20. The van der Waals surface area contributed by atoms with Crippen LogP contribution in [-0.4, -0.2) is 43.3 Å². The van der Waals surface area contributed by atoms with Crippen LogP contribution in [0.15, 0.2) is 42.1 Å². The number of fused-ring (bicyclic) bond motifs is 1. The van der Waals surface area contributed by atoms with E-state index in [1.54, 1.807) is 10.8 Å². The van der Waals surface area contributed by atoms with E-state index >= 15 is 0 Å². The van der Waals surface area contributed by atoms with Crippen molar-refractivity contribution >= 4 is 17.7 Å². The number of carbonyl (C=O) groups is 1. The van der Waals surface area contributed by atoms with Crippen LogP contribution in [-0.2, 0) is 24.3 Å². The van der Waals surface area contributed by atoms with Gasteiger partial charge >= 0.3 is 0 Å². The zero-order valence-corrected chi connectivity index (χ0v) is 13.0. The van der Waals surface area contributed by atoms with E-state index in [9.17, 15) is 4.79 Å². The molecule has 2 aromatic rings. The smallest absolute Gasteiger partial charge is 0.233 e. The fourth-order valence-electron chi connectivity index (χ4n) is 2.46. The van der Waals surface area contributed by atoms with Crippen molar-refractivity contribution in [3.05, 3.63) is 48.0 Å². The lowest BCUT2D eigenvalue weighted by molar-refractivity contribution is -0.129. The summed E-state index contributed by atoms with van der Waals surface area (Å²) in [5.41, 5.74) is 2.58. The van der Waals surface area contributed by atoms with Crippen LogP contribution in [0.25, 0.3) is 0 Å². The molecule has 1 aromatic carbocycles. The number of nitrogens with zero attached hydrogens (tertiary/aromatic N) is 5. The van der Waals surface area contributed by atoms with Crippen molar-refractivity contribution in [1.82, 2.24) is 25.1 Å². The molecule has 0 atom stereocenters. The van der Waals surface area contributed by atoms with Gasteiger partial charge in [0.15, 0.2) is 0 Å². The lowest BCUT2D eigenvalue weighted by atomic mass is 10.00. The minimum Gasteiger partial charge on any atom is -0.337 e. The van der Waals surface area contributed by atoms with E-state index in [4.69, 9.17) is 0 Å². The van der Waals surface area contributed by atoms with Gasteiger partial charge in [-0.25, -0.2) is 4.68 Å². The molecule has 0 spiro atoms. The summed E-state index contributed by atoms with van der Waals surface area (Å²) in [6.07, 6.45) is 2.64. The van der Waals surface area contributed by atoms with Crippen LogP contribution in [0.2, 0.25) is 0 Å². The van der Waals surface area contributed by atoms with E-state index in [-0.39, 0.29) is 5.91 Å². The molecule has 0 aliphatic carbocycles. The molecule has 0 N–H and O–H groups in total. The predicted octanol–water partition coefficient (Wildman–Crippen LogP) is 1.54. The average molecular weight is 315 g/mol. The number of benzene rings is 1. The second-order valence-corrected chi connectivity index (χ2v) is 6.00. The molecule has 1 amide bonds. The predicted molar refractivity (Wildman–Crippen MR) is 84.3 cm³/mol. The number of amides is 1. The Balaban J connectivity index is 1.59. The second-order valence-electron chi connectivity index (χ2n) is 5.05. The molecule has 22 heavy (non-hydrogen) atoms. The standard InChI is InChI=1S/C15H17N5OS/c1-2-8-20-15(16-17-18-20)22-11-14(21)19-9-7-12-5-3-4-6-13(12)10-19/h2-6H,1,7-11H2. The SMILES string of the molecule is C=CCn1nnnc1SCC(=O)N1CCc2ccccc2C1. The molecule has 0 unspecified atom stereocenters. The molecular weight excluding hydrogens is 298 g/mol. The Hall–Kier alpha value is -2.15. The molecule has 3 rings (SSSR count). The van der Waals surface area contributed by atoms with E-state index in [0.717, 1.165) is 13.0 Å². The van der Waals surface area contributed by atoms with Gasteiger partial charge in [0, 0.05) is 13.1 Å². The Morgan fingerprint density at radius 2 is 2.18 bits per heavy atom. The summed E-state index contributed by atoms with van der Waals surface area (Å²) in [5, 5.41) is 12.1. The maximum absolute atomic E-state index is 12.4. The van der Waals surface area contributed by atoms with E-state index in [2.05, 4.69) is 34.2 Å². The molecule has 0 saturated heterocycles. The molecule has 0 saturated carbocycles. The van der Waals surface area contributed by atoms with E-state index < -0.39 is 0 Å². The average Bonchev–Trinajstić information content (AvgIpc) is 3.00. The Bertz CT molecular complexity index is 684. The van der Waals surface area contributed by atoms with Gasteiger partial charge in [-0.1, -0.05) is 42.1 Å². The minimum absolute atomic E-state index is 0.118. The fraction of sp³-hybridized carbons (Fsp3) is 0.333. The van der Waals surface area contributed by atoms with E-state index in [1.807, 2.05) is 17.0 Å². The first kappa shape index (κ1) is 14.8. The molecule has 1 aliphatic rings. The number of hydrogen-bond acceptors (Lipinski definition) is 5. The zero-order valence-electron chi connectivity index (χ0n) is 12.2. The number of rotatable bonds is 5. The molecule has 1 aliphatic heterocycles. The number of aromatic nitrogens is 4. The maximum atomic E-state index is 12.4. The Kier molecular flexibility index (Phi) is 4.53. The molecule has 0 radical (unpaired) electrons. The monoisotopic (exact) mass is 315 g/mol. The first-order valence-corrected chi connectivity index (χ1v) is 8.11. The van der Waals surface area contributed by atoms with Gasteiger partial charge in [-0.3, -0.25) is 4.79 Å². The van der Waals surface area contributed by atoms with E-state index in [1.165, 1.54) is 22.9 Å². The highest BCUT2D eigenvalue weighted by Gasteiger charge is 2.21. The van der Waals surface area contributed by atoms with E-state index in [0.29, 0.717) is 24.0 Å². The van der Waals surface area contributed by atoms with Crippen LogP contribution in [0.4, 0.5) is 0 Å². The normalized spacial score (nSPS) is 13.7. The summed E-state index contributed by atoms with van der Waals surface area (Å²) >= 11 is 1.36. The molecular formula is C15H17N5OS. The third-order valence-electron chi connectivity index (χ3n) is 3.61. The lowest BCUT2D eigenvalue weighted by Crippen LogP contribution is -2.37. The van der Waals surface area contributed by atoms with Gasteiger partial charge in [0.1, 0.15) is 0 Å². The van der Waals surface area contributed by atoms with Gasteiger partial charge in [0.05, 0.1) is 12.3 Å². The van der Waals surface area contributed by atoms with Gasteiger partial charge in [-0.15, -0.1) is 11.7 Å². The van der Waals surface area contributed by atoms with Crippen molar-refractivity contribution in [2.75, 3.05) is 12.3 Å². The van der Waals surface area contributed by atoms with Crippen molar-refractivity contribution in [3.63, 3.8) is 0 Å². The first-order chi connectivity index (χ1) is 10.8. The summed E-state index contributed by atoms with van der Waals surface area (Å²) in [6.45, 7) is 5.67. The molecule has 6 nitrogen and oxygen atoms in total. The number of thioether (sulfide) groups is 1. The van der Waals surface area contributed by atoms with Gasteiger partial charge < -0.3 is 4.90 Å². The van der Waals surface area contributed by atoms with Crippen LogP contribution < -0.4 is 0 Å². The Morgan fingerprint density at radius 1 is 1.36 bits per heavy atom. The Morgan fingerprint density at radius 3 is 3.00 bits per heavy atom. The number of tetrazole rings is 1.